The van der Waals surface area contributed by atoms with E-state index >= 15 is 0 Å². The van der Waals surface area contributed by atoms with Gasteiger partial charge in [-0.15, -0.1) is 10.2 Å². The molecule has 0 fully saturated rings. The number of amides is 1. The molecule has 0 aliphatic carbocycles. The molecule has 0 aliphatic rings. The first-order valence-corrected chi connectivity index (χ1v) is 11.2. The molecule has 3 rings (SSSR count). The Bertz CT molecular complexity index is 1060. The van der Waals surface area contributed by atoms with E-state index in [1.807, 2.05) is 18.4 Å². The lowest BCUT2D eigenvalue weighted by Gasteiger charge is -2.19. The Kier molecular flexibility index (Phi) is 7.80. The third-order valence-electron chi connectivity index (χ3n) is 4.19. The van der Waals surface area contributed by atoms with Crippen LogP contribution in [0.4, 0.5) is 10.1 Å². The SMILES string of the molecule is CC(Oc1ccccc1F)c1nnc(SCC(=O)Nc2cc(Cl)cc(Cl)c2)n1C(C)C. The van der Waals surface area contributed by atoms with E-state index in [-0.39, 0.29) is 23.5 Å². The van der Waals surface area contributed by atoms with E-state index in [2.05, 4.69) is 15.5 Å². The maximum atomic E-state index is 13.9. The van der Waals surface area contributed by atoms with Gasteiger partial charge in [-0.3, -0.25) is 4.79 Å². The smallest absolute Gasteiger partial charge is 0.234 e. The Morgan fingerprint density at radius 2 is 1.84 bits per heavy atom. The summed E-state index contributed by atoms with van der Waals surface area (Å²) in [6.07, 6.45) is -0.538. The summed E-state index contributed by atoms with van der Waals surface area (Å²) in [5.74, 6) is 0.110. The molecule has 1 unspecified atom stereocenters. The van der Waals surface area contributed by atoms with Crippen molar-refractivity contribution >= 4 is 46.6 Å². The molecule has 0 saturated carbocycles. The van der Waals surface area contributed by atoms with E-state index in [1.54, 1.807) is 43.3 Å². The quantitative estimate of drug-likeness (QED) is 0.388. The van der Waals surface area contributed by atoms with E-state index in [4.69, 9.17) is 27.9 Å². The standard InChI is InChI=1S/C21H21Cl2FN4O2S/c1-12(2)28-20(13(3)30-18-7-5-4-6-17(18)24)26-27-21(28)31-11-19(29)25-16-9-14(22)8-15(23)10-16/h4-10,12-13H,11H2,1-3H3,(H,25,29). The number of carbonyl (C=O) groups excluding carboxylic acids is 1. The summed E-state index contributed by atoms with van der Waals surface area (Å²) >= 11 is 13.2. The van der Waals surface area contributed by atoms with Gasteiger partial charge in [0.2, 0.25) is 5.91 Å². The van der Waals surface area contributed by atoms with Crippen LogP contribution in [0.15, 0.2) is 47.6 Å². The average Bonchev–Trinajstić information content (AvgIpc) is 3.12. The predicted octanol–water partition coefficient (Wildman–Crippen LogP) is 6.18. The molecular weight excluding hydrogens is 462 g/mol. The van der Waals surface area contributed by atoms with Gasteiger partial charge in [0.15, 0.2) is 28.7 Å². The Hall–Kier alpha value is -2.29. The maximum absolute atomic E-state index is 13.9. The van der Waals surface area contributed by atoms with Gasteiger partial charge in [0.05, 0.1) is 5.75 Å². The van der Waals surface area contributed by atoms with Crippen LogP contribution in [0.1, 0.15) is 38.7 Å². The van der Waals surface area contributed by atoms with Crippen LogP contribution in [0.2, 0.25) is 10.0 Å². The molecule has 0 aliphatic heterocycles. The number of hydrogen-bond donors (Lipinski definition) is 1. The number of benzene rings is 2. The van der Waals surface area contributed by atoms with Gasteiger partial charge >= 0.3 is 0 Å². The van der Waals surface area contributed by atoms with Crippen molar-refractivity contribution in [3.8, 4) is 5.75 Å². The first kappa shape index (κ1) is 23.4. The molecule has 3 aromatic rings. The number of aromatic nitrogens is 3. The lowest BCUT2D eigenvalue weighted by atomic mass is 10.3. The molecule has 31 heavy (non-hydrogen) atoms. The summed E-state index contributed by atoms with van der Waals surface area (Å²) < 4.78 is 21.6. The molecule has 6 nitrogen and oxygen atoms in total. The highest BCUT2D eigenvalue weighted by molar-refractivity contribution is 7.99. The van der Waals surface area contributed by atoms with Gasteiger partial charge in [-0.1, -0.05) is 47.1 Å². The Morgan fingerprint density at radius 1 is 1.16 bits per heavy atom. The Morgan fingerprint density at radius 3 is 2.48 bits per heavy atom. The minimum atomic E-state index is -0.538. The van der Waals surface area contributed by atoms with E-state index in [1.165, 1.54) is 17.8 Å². The van der Waals surface area contributed by atoms with Crippen molar-refractivity contribution < 1.29 is 13.9 Å². The first-order valence-electron chi connectivity index (χ1n) is 9.49. The number of para-hydroxylation sites is 1. The molecule has 1 amide bonds. The normalized spacial score (nSPS) is 12.1. The summed E-state index contributed by atoms with van der Waals surface area (Å²) in [7, 11) is 0. The van der Waals surface area contributed by atoms with Crippen LogP contribution in [-0.4, -0.2) is 26.4 Å². The van der Waals surface area contributed by atoms with Gasteiger partial charge in [-0.2, -0.15) is 0 Å². The predicted molar refractivity (Wildman–Crippen MR) is 122 cm³/mol. The molecular formula is C21H21Cl2FN4O2S. The van der Waals surface area contributed by atoms with Crippen molar-refractivity contribution in [2.24, 2.45) is 0 Å². The fraction of sp³-hybridized carbons (Fsp3) is 0.286. The Labute approximate surface area is 194 Å². The van der Waals surface area contributed by atoms with Crippen LogP contribution < -0.4 is 10.1 Å². The van der Waals surface area contributed by atoms with Crippen molar-refractivity contribution in [3.05, 3.63) is 64.2 Å². The van der Waals surface area contributed by atoms with E-state index < -0.39 is 11.9 Å². The highest BCUT2D eigenvalue weighted by atomic mass is 35.5. The van der Waals surface area contributed by atoms with Gasteiger partial charge in [-0.05, 0) is 51.1 Å². The molecule has 0 spiro atoms. The van der Waals surface area contributed by atoms with Crippen LogP contribution in [0.5, 0.6) is 5.75 Å². The topological polar surface area (TPSA) is 69.0 Å². The molecule has 0 radical (unpaired) electrons. The second-order valence-corrected chi connectivity index (χ2v) is 8.81. The molecule has 0 bridgehead atoms. The zero-order valence-electron chi connectivity index (χ0n) is 17.1. The molecule has 164 valence electrons. The van der Waals surface area contributed by atoms with Gasteiger partial charge < -0.3 is 14.6 Å². The Balaban J connectivity index is 1.70. The van der Waals surface area contributed by atoms with Crippen molar-refractivity contribution in [1.82, 2.24) is 14.8 Å². The number of rotatable bonds is 8. The fourth-order valence-corrected chi connectivity index (χ4v) is 4.29. The molecule has 10 heteroatoms. The number of ether oxygens (including phenoxy) is 1. The third-order valence-corrected chi connectivity index (χ3v) is 5.57. The lowest BCUT2D eigenvalue weighted by molar-refractivity contribution is -0.113. The number of nitrogens with zero attached hydrogens (tertiary/aromatic N) is 3. The number of anilines is 1. The number of carbonyl (C=O) groups is 1. The van der Waals surface area contributed by atoms with E-state index in [9.17, 15) is 9.18 Å². The summed E-state index contributed by atoms with van der Waals surface area (Å²) in [5, 5.41) is 12.6. The minimum absolute atomic E-state index is 0.00830. The summed E-state index contributed by atoms with van der Waals surface area (Å²) in [4.78, 5) is 12.4. The van der Waals surface area contributed by atoms with Crippen LogP contribution in [0.25, 0.3) is 0 Å². The summed E-state index contributed by atoms with van der Waals surface area (Å²) in [6, 6.07) is 11.0. The molecule has 1 atom stereocenters. The van der Waals surface area contributed by atoms with Crippen molar-refractivity contribution in [2.75, 3.05) is 11.1 Å². The van der Waals surface area contributed by atoms with Gasteiger partial charge in [0.1, 0.15) is 0 Å². The van der Waals surface area contributed by atoms with Crippen LogP contribution in [-0.2, 0) is 4.79 Å². The average molecular weight is 483 g/mol. The lowest BCUT2D eigenvalue weighted by Crippen LogP contribution is -2.16. The minimum Gasteiger partial charge on any atom is -0.480 e. The van der Waals surface area contributed by atoms with Gasteiger partial charge in [0, 0.05) is 21.8 Å². The maximum Gasteiger partial charge on any atom is 0.234 e. The second-order valence-electron chi connectivity index (χ2n) is 6.99. The number of thioether (sulfide) groups is 1. The van der Waals surface area contributed by atoms with Crippen LogP contribution >= 0.6 is 35.0 Å². The molecule has 1 N–H and O–H groups in total. The highest BCUT2D eigenvalue weighted by Gasteiger charge is 2.22. The third kappa shape index (κ3) is 6.12. The van der Waals surface area contributed by atoms with Gasteiger partial charge in [0.25, 0.3) is 0 Å². The summed E-state index contributed by atoms with van der Waals surface area (Å²) in [5.41, 5.74) is 0.515. The second kappa shape index (κ2) is 10.3. The largest absolute Gasteiger partial charge is 0.480 e. The molecule has 2 aromatic carbocycles. The summed E-state index contributed by atoms with van der Waals surface area (Å²) in [6.45, 7) is 5.72. The van der Waals surface area contributed by atoms with Gasteiger partial charge in [-0.25, -0.2) is 4.39 Å². The monoisotopic (exact) mass is 482 g/mol. The zero-order chi connectivity index (χ0) is 22.5. The highest BCUT2D eigenvalue weighted by Crippen LogP contribution is 2.29. The zero-order valence-corrected chi connectivity index (χ0v) is 19.4. The van der Waals surface area contributed by atoms with Crippen molar-refractivity contribution in [3.63, 3.8) is 0 Å². The van der Waals surface area contributed by atoms with Crippen molar-refractivity contribution in [1.29, 1.82) is 0 Å². The molecule has 0 saturated heterocycles. The fourth-order valence-electron chi connectivity index (χ4n) is 2.89. The number of nitrogens with one attached hydrogen (secondary N) is 1. The molecule has 1 heterocycles. The van der Waals surface area contributed by atoms with E-state index in [0.29, 0.717) is 26.7 Å². The number of hydrogen-bond acceptors (Lipinski definition) is 5. The van der Waals surface area contributed by atoms with Crippen LogP contribution in [0, 0.1) is 5.82 Å². The van der Waals surface area contributed by atoms with Crippen molar-refractivity contribution in [2.45, 2.75) is 38.1 Å². The number of halogens is 3. The van der Waals surface area contributed by atoms with Crippen LogP contribution in [0.3, 0.4) is 0 Å². The first-order chi connectivity index (χ1) is 14.7. The van der Waals surface area contributed by atoms with E-state index in [0.717, 1.165) is 0 Å². The molecule has 1 aromatic heterocycles.